The van der Waals surface area contributed by atoms with Crippen LogP contribution in [0.2, 0.25) is 0 Å². The van der Waals surface area contributed by atoms with Gasteiger partial charge in [0.15, 0.2) is 5.69 Å². The molecule has 1 unspecified atom stereocenters. The Morgan fingerprint density at radius 1 is 1.53 bits per heavy atom. The number of alkyl halides is 3. The summed E-state index contributed by atoms with van der Waals surface area (Å²) in [7, 11) is 0. The maximum absolute atomic E-state index is 12.7. The zero-order valence-corrected chi connectivity index (χ0v) is 12.4. The van der Waals surface area contributed by atoms with Crippen LogP contribution in [0.4, 0.5) is 13.2 Å². The SMILES string of the molecule is CCCNC(=O)C(C)n1nc(C(F)(F)F)c(Br)c1C. The standard InChI is InChI=1S/C11H15BrF3N3O/c1-4-5-16-10(19)7(3)18-6(2)8(12)9(17-18)11(13,14)15/h7H,4-5H2,1-3H3,(H,16,19). The first-order chi connectivity index (χ1) is 8.70. The van der Waals surface area contributed by atoms with Crippen LogP contribution in [0, 0.1) is 6.92 Å². The van der Waals surface area contributed by atoms with E-state index in [0.717, 1.165) is 11.1 Å². The molecule has 0 fully saturated rings. The first kappa shape index (κ1) is 16.0. The number of carbonyl (C=O) groups excluding carboxylic acids is 1. The number of halogens is 4. The summed E-state index contributed by atoms with van der Waals surface area (Å²) < 4.78 is 39.1. The molecular formula is C11H15BrF3N3O. The van der Waals surface area contributed by atoms with Crippen molar-refractivity contribution in [2.45, 2.75) is 39.4 Å². The van der Waals surface area contributed by atoms with E-state index in [1.165, 1.54) is 13.8 Å². The van der Waals surface area contributed by atoms with Gasteiger partial charge in [0.2, 0.25) is 5.91 Å². The van der Waals surface area contributed by atoms with Gasteiger partial charge in [-0.1, -0.05) is 6.92 Å². The predicted octanol–water partition coefficient (Wildman–Crippen LogP) is 3.06. The summed E-state index contributed by atoms with van der Waals surface area (Å²) in [6.07, 6.45) is -3.79. The largest absolute Gasteiger partial charge is 0.436 e. The van der Waals surface area contributed by atoms with E-state index >= 15 is 0 Å². The third kappa shape index (κ3) is 3.49. The average Bonchev–Trinajstić information content (AvgIpc) is 2.62. The Balaban J connectivity index is 3.05. The summed E-state index contributed by atoms with van der Waals surface area (Å²) in [5.74, 6) is -0.353. The average molecular weight is 342 g/mol. The maximum Gasteiger partial charge on any atom is 0.436 e. The summed E-state index contributed by atoms with van der Waals surface area (Å²) in [6.45, 7) is 5.37. The lowest BCUT2D eigenvalue weighted by Crippen LogP contribution is -2.32. The van der Waals surface area contributed by atoms with E-state index in [1.807, 2.05) is 6.92 Å². The summed E-state index contributed by atoms with van der Waals surface area (Å²) in [5.41, 5.74) is -0.744. The van der Waals surface area contributed by atoms with Crippen molar-refractivity contribution in [2.24, 2.45) is 0 Å². The van der Waals surface area contributed by atoms with Gasteiger partial charge >= 0.3 is 6.18 Å². The second kappa shape index (κ2) is 5.94. The topological polar surface area (TPSA) is 46.9 Å². The lowest BCUT2D eigenvalue weighted by atomic mass is 10.3. The first-order valence-corrected chi connectivity index (χ1v) is 6.59. The molecule has 0 aliphatic carbocycles. The highest BCUT2D eigenvalue weighted by molar-refractivity contribution is 9.10. The Morgan fingerprint density at radius 3 is 2.53 bits per heavy atom. The first-order valence-electron chi connectivity index (χ1n) is 5.79. The zero-order chi connectivity index (χ0) is 14.8. The van der Waals surface area contributed by atoms with Crippen molar-refractivity contribution in [1.82, 2.24) is 15.1 Å². The molecule has 8 heteroatoms. The second-order valence-corrected chi connectivity index (χ2v) is 4.95. The molecule has 1 aromatic rings. The predicted molar refractivity (Wildman–Crippen MR) is 67.7 cm³/mol. The van der Waals surface area contributed by atoms with Crippen molar-refractivity contribution in [3.8, 4) is 0 Å². The minimum absolute atomic E-state index is 0.129. The fourth-order valence-electron chi connectivity index (χ4n) is 1.56. The fourth-order valence-corrected chi connectivity index (χ4v) is 2.05. The van der Waals surface area contributed by atoms with E-state index in [4.69, 9.17) is 0 Å². The molecule has 0 saturated carbocycles. The van der Waals surface area contributed by atoms with Crippen molar-refractivity contribution < 1.29 is 18.0 Å². The third-order valence-electron chi connectivity index (χ3n) is 2.64. The smallest absolute Gasteiger partial charge is 0.354 e. The highest BCUT2D eigenvalue weighted by Gasteiger charge is 2.38. The lowest BCUT2D eigenvalue weighted by molar-refractivity contribution is -0.142. The molecule has 108 valence electrons. The van der Waals surface area contributed by atoms with E-state index in [1.54, 1.807) is 0 Å². The molecule has 1 heterocycles. The molecule has 0 radical (unpaired) electrons. The van der Waals surface area contributed by atoms with Crippen LogP contribution in [0.25, 0.3) is 0 Å². The molecular weight excluding hydrogens is 327 g/mol. The minimum Gasteiger partial charge on any atom is -0.354 e. The van der Waals surface area contributed by atoms with Gasteiger partial charge in [0.25, 0.3) is 0 Å². The van der Waals surface area contributed by atoms with E-state index < -0.39 is 17.9 Å². The van der Waals surface area contributed by atoms with Gasteiger partial charge in [-0.2, -0.15) is 18.3 Å². The van der Waals surface area contributed by atoms with Crippen molar-refractivity contribution in [1.29, 1.82) is 0 Å². The number of nitrogens with zero attached hydrogens (tertiary/aromatic N) is 2. The number of carbonyl (C=O) groups is 1. The van der Waals surface area contributed by atoms with Gasteiger partial charge in [-0.05, 0) is 36.2 Å². The third-order valence-corrected chi connectivity index (χ3v) is 3.59. The summed E-state index contributed by atoms with van der Waals surface area (Å²) in [5, 5.41) is 6.12. The van der Waals surface area contributed by atoms with E-state index in [-0.39, 0.29) is 16.1 Å². The minimum atomic E-state index is -4.55. The van der Waals surface area contributed by atoms with Crippen molar-refractivity contribution in [3.05, 3.63) is 15.9 Å². The lowest BCUT2D eigenvalue weighted by Gasteiger charge is -2.14. The van der Waals surface area contributed by atoms with Crippen molar-refractivity contribution in [3.63, 3.8) is 0 Å². The molecule has 1 rings (SSSR count). The summed E-state index contributed by atoms with van der Waals surface area (Å²) in [4.78, 5) is 11.8. The van der Waals surface area contributed by atoms with E-state index in [0.29, 0.717) is 6.54 Å². The van der Waals surface area contributed by atoms with Crippen LogP contribution in [0.3, 0.4) is 0 Å². The number of hydrogen-bond donors (Lipinski definition) is 1. The second-order valence-electron chi connectivity index (χ2n) is 4.16. The number of aromatic nitrogens is 2. The van der Waals surface area contributed by atoms with Crippen LogP contribution >= 0.6 is 15.9 Å². The van der Waals surface area contributed by atoms with Gasteiger partial charge in [0.1, 0.15) is 6.04 Å². The van der Waals surface area contributed by atoms with Crippen molar-refractivity contribution >= 4 is 21.8 Å². The van der Waals surface area contributed by atoms with E-state index in [9.17, 15) is 18.0 Å². The maximum atomic E-state index is 12.7. The van der Waals surface area contributed by atoms with Gasteiger partial charge < -0.3 is 5.32 Å². The van der Waals surface area contributed by atoms with Gasteiger partial charge in [-0.15, -0.1) is 0 Å². The Labute approximate surface area is 117 Å². The number of hydrogen-bond acceptors (Lipinski definition) is 2. The number of nitrogens with one attached hydrogen (secondary N) is 1. The van der Waals surface area contributed by atoms with Crippen LogP contribution in [0.1, 0.15) is 37.7 Å². The Bertz CT molecular complexity index is 470. The molecule has 0 spiro atoms. The Morgan fingerprint density at radius 2 is 2.11 bits per heavy atom. The fraction of sp³-hybridized carbons (Fsp3) is 0.636. The molecule has 1 atom stereocenters. The molecule has 1 N–H and O–H groups in total. The van der Waals surface area contributed by atoms with E-state index in [2.05, 4.69) is 26.3 Å². The zero-order valence-electron chi connectivity index (χ0n) is 10.8. The van der Waals surface area contributed by atoms with Crippen LogP contribution in [0.15, 0.2) is 4.47 Å². The highest BCUT2D eigenvalue weighted by atomic mass is 79.9. The van der Waals surface area contributed by atoms with Gasteiger partial charge in [-0.25, -0.2) is 0 Å². The number of amides is 1. The van der Waals surface area contributed by atoms with Crippen LogP contribution in [0.5, 0.6) is 0 Å². The normalized spacial score (nSPS) is 13.4. The van der Waals surface area contributed by atoms with Gasteiger partial charge in [0.05, 0.1) is 10.2 Å². The summed E-state index contributed by atoms with van der Waals surface area (Å²) >= 11 is 2.87. The Kier molecular flexibility index (Phi) is 5.00. The molecule has 0 aliphatic heterocycles. The molecule has 0 aromatic carbocycles. The van der Waals surface area contributed by atoms with Crippen LogP contribution in [-0.2, 0) is 11.0 Å². The number of rotatable bonds is 4. The molecule has 0 aliphatic rings. The van der Waals surface area contributed by atoms with Crippen LogP contribution in [-0.4, -0.2) is 22.2 Å². The molecule has 19 heavy (non-hydrogen) atoms. The molecule has 0 bridgehead atoms. The molecule has 4 nitrogen and oxygen atoms in total. The van der Waals surface area contributed by atoms with Crippen LogP contribution < -0.4 is 5.32 Å². The summed E-state index contributed by atoms with van der Waals surface area (Å²) in [6, 6.07) is -0.793. The Hall–Kier alpha value is -1.05. The highest BCUT2D eigenvalue weighted by Crippen LogP contribution is 2.36. The van der Waals surface area contributed by atoms with Crippen molar-refractivity contribution in [2.75, 3.05) is 6.54 Å². The molecule has 1 amide bonds. The molecule has 1 aromatic heterocycles. The molecule has 0 saturated heterocycles. The quantitative estimate of drug-likeness (QED) is 0.914. The van der Waals surface area contributed by atoms with Gasteiger partial charge in [0, 0.05) is 6.54 Å². The monoisotopic (exact) mass is 341 g/mol. The van der Waals surface area contributed by atoms with Gasteiger partial charge in [-0.3, -0.25) is 9.48 Å².